The second-order valence-corrected chi connectivity index (χ2v) is 5.24. The van der Waals surface area contributed by atoms with E-state index in [1.807, 2.05) is 6.92 Å². The SMILES string of the molecule is CCC(O)CNCc1csc(Br)c1. The topological polar surface area (TPSA) is 32.3 Å². The lowest BCUT2D eigenvalue weighted by atomic mass is 10.2. The van der Waals surface area contributed by atoms with Crippen LogP contribution in [0, 0.1) is 0 Å². The van der Waals surface area contributed by atoms with Crippen LogP contribution in [-0.4, -0.2) is 17.8 Å². The van der Waals surface area contributed by atoms with E-state index in [9.17, 15) is 5.11 Å². The second-order valence-electron chi connectivity index (χ2n) is 2.95. The maximum Gasteiger partial charge on any atom is 0.0701 e. The Bertz CT molecular complexity index is 252. The first-order chi connectivity index (χ1) is 6.22. The highest BCUT2D eigenvalue weighted by atomic mass is 79.9. The van der Waals surface area contributed by atoms with Gasteiger partial charge in [-0.05, 0) is 39.4 Å². The van der Waals surface area contributed by atoms with E-state index in [2.05, 4.69) is 32.7 Å². The van der Waals surface area contributed by atoms with Crippen molar-refractivity contribution in [2.45, 2.75) is 26.0 Å². The van der Waals surface area contributed by atoms with Gasteiger partial charge in [-0.3, -0.25) is 0 Å². The van der Waals surface area contributed by atoms with Crippen LogP contribution in [0.3, 0.4) is 0 Å². The molecule has 1 atom stereocenters. The number of aliphatic hydroxyl groups is 1. The first-order valence-electron chi connectivity index (χ1n) is 4.34. The Balaban J connectivity index is 2.20. The molecule has 0 aliphatic heterocycles. The number of hydrogen-bond donors (Lipinski definition) is 2. The molecule has 0 saturated carbocycles. The van der Waals surface area contributed by atoms with Crippen LogP contribution < -0.4 is 5.32 Å². The molecule has 0 radical (unpaired) electrons. The van der Waals surface area contributed by atoms with E-state index in [4.69, 9.17) is 0 Å². The van der Waals surface area contributed by atoms with Gasteiger partial charge in [-0.15, -0.1) is 11.3 Å². The summed E-state index contributed by atoms with van der Waals surface area (Å²) in [5.74, 6) is 0. The summed E-state index contributed by atoms with van der Waals surface area (Å²) < 4.78 is 1.15. The molecular formula is C9H14BrNOS. The summed E-state index contributed by atoms with van der Waals surface area (Å²) in [6.07, 6.45) is 0.586. The van der Waals surface area contributed by atoms with Crippen LogP contribution in [0.5, 0.6) is 0 Å². The fourth-order valence-corrected chi connectivity index (χ4v) is 2.18. The average molecular weight is 264 g/mol. The third-order valence-corrected chi connectivity index (χ3v) is 3.36. The zero-order chi connectivity index (χ0) is 9.68. The van der Waals surface area contributed by atoms with E-state index in [1.54, 1.807) is 11.3 Å². The van der Waals surface area contributed by atoms with Gasteiger partial charge in [-0.1, -0.05) is 6.92 Å². The Morgan fingerprint density at radius 2 is 2.46 bits per heavy atom. The van der Waals surface area contributed by atoms with Crippen LogP contribution in [0.15, 0.2) is 15.2 Å². The predicted octanol–water partition coefficient (Wildman–Crippen LogP) is 2.37. The lowest BCUT2D eigenvalue weighted by molar-refractivity contribution is 0.167. The Morgan fingerprint density at radius 1 is 1.69 bits per heavy atom. The minimum atomic E-state index is -0.220. The molecule has 0 fully saturated rings. The maximum absolute atomic E-state index is 9.27. The minimum absolute atomic E-state index is 0.220. The van der Waals surface area contributed by atoms with E-state index < -0.39 is 0 Å². The zero-order valence-corrected chi connectivity index (χ0v) is 9.99. The molecule has 0 aliphatic rings. The monoisotopic (exact) mass is 263 g/mol. The summed E-state index contributed by atoms with van der Waals surface area (Å²) >= 11 is 5.09. The maximum atomic E-state index is 9.27. The fourth-order valence-electron chi connectivity index (χ4n) is 0.966. The van der Waals surface area contributed by atoms with Gasteiger partial charge in [0.1, 0.15) is 0 Å². The number of aliphatic hydroxyl groups excluding tert-OH is 1. The smallest absolute Gasteiger partial charge is 0.0701 e. The van der Waals surface area contributed by atoms with Crippen molar-refractivity contribution in [2.75, 3.05) is 6.54 Å². The first kappa shape index (κ1) is 11.2. The number of hydrogen-bond acceptors (Lipinski definition) is 3. The molecule has 2 nitrogen and oxygen atoms in total. The van der Waals surface area contributed by atoms with E-state index in [0.717, 1.165) is 16.8 Å². The van der Waals surface area contributed by atoms with Crippen molar-refractivity contribution in [3.8, 4) is 0 Å². The number of thiophene rings is 1. The Morgan fingerprint density at radius 3 is 3.00 bits per heavy atom. The van der Waals surface area contributed by atoms with Crippen LogP contribution >= 0.6 is 27.3 Å². The molecule has 0 saturated heterocycles. The van der Waals surface area contributed by atoms with Crippen LogP contribution in [0.4, 0.5) is 0 Å². The summed E-state index contributed by atoms with van der Waals surface area (Å²) in [4.78, 5) is 0. The van der Waals surface area contributed by atoms with Gasteiger partial charge < -0.3 is 10.4 Å². The number of halogens is 1. The standard InChI is InChI=1S/C9H14BrNOS/c1-2-8(12)5-11-4-7-3-9(10)13-6-7/h3,6,8,11-12H,2,4-5H2,1H3. The molecule has 0 amide bonds. The Hall–Kier alpha value is 0.100. The van der Waals surface area contributed by atoms with Crippen LogP contribution in [0.2, 0.25) is 0 Å². The van der Waals surface area contributed by atoms with E-state index >= 15 is 0 Å². The largest absolute Gasteiger partial charge is 0.392 e. The summed E-state index contributed by atoms with van der Waals surface area (Å²) in [5.41, 5.74) is 1.26. The van der Waals surface area contributed by atoms with Crippen LogP contribution in [0.1, 0.15) is 18.9 Å². The van der Waals surface area contributed by atoms with Crippen molar-refractivity contribution in [1.82, 2.24) is 5.32 Å². The molecule has 1 aromatic rings. The summed E-state index contributed by atoms with van der Waals surface area (Å²) in [6, 6.07) is 2.09. The first-order valence-corrected chi connectivity index (χ1v) is 6.01. The van der Waals surface area contributed by atoms with Crippen LogP contribution in [0.25, 0.3) is 0 Å². The molecule has 1 heterocycles. The van der Waals surface area contributed by atoms with Crippen molar-refractivity contribution in [3.05, 3.63) is 20.8 Å². The van der Waals surface area contributed by atoms with Crippen molar-refractivity contribution in [3.63, 3.8) is 0 Å². The van der Waals surface area contributed by atoms with Gasteiger partial charge in [0.2, 0.25) is 0 Å². The molecular weight excluding hydrogens is 250 g/mol. The van der Waals surface area contributed by atoms with E-state index in [1.165, 1.54) is 5.56 Å². The lowest BCUT2D eigenvalue weighted by Crippen LogP contribution is -2.25. The highest BCUT2D eigenvalue weighted by molar-refractivity contribution is 9.11. The third kappa shape index (κ3) is 4.22. The molecule has 13 heavy (non-hydrogen) atoms. The Kier molecular flexibility index (Phi) is 4.94. The van der Waals surface area contributed by atoms with Gasteiger partial charge in [0.15, 0.2) is 0 Å². The van der Waals surface area contributed by atoms with Crippen molar-refractivity contribution in [2.24, 2.45) is 0 Å². The van der Waals surface area contributed by atoms with E-state index in [-0.39, 0.29) is 6.10 Å². The lowest BCUT2D eigenvalue weighted by Gasteiger charge is -2.07. The summed E-state index contributed by atoms with van der Waals surface area (Å²) in [7, 11) is 0. The fraction of sp³-hybridized carbons (Fsp3) is 0.556. The molecule has 74 valence electrons. The van der Waals surface area contributed by atoms with Crippen LogP contribution in [-0.2, 0) is 6.54 Å². The Labute approximate surface area is 91.1 Å². The van der Waals surface area contributed by atoms with Crippen molar-refractivity contribution < 1.29 is 5.11 Å². The summed E-state index contributed by atoms with van der Waals surface area (Å²) in [5, 5.41) is 14.6. The number of nitrogens with one attached hydrogen (secondary N) is 1. The molecule has 2 N–H and O–H groups in total. The normalized spacial score (nSPS) is 13.2. The van der Waals surface area contributed by atoms with Gasteiger partial charge in [0, 0.05) is 13.1 Å². The van der Waals surface area contributed by atoms with Gasteiger partial charge in [-0.2, -0.15) is 0 Å². The second kappa shape index (κ2) is 5.75. The third-order valence-electron chi connectivity index (χ3n) is 1.80. The average Bonchev–Trinajstić information content (AvgIpc) is 2.51. The van der Waals surface area contributed by atoms with Crippen molar-refractivity contribution in [1.29, 1.82) is 0 Å². The molecule has 4 heteroatoms. The molecule has 1 aromatic heterocycles. The van der Waals surface area contributed by atoms with E-state index in [0.29, 0.717) is 6.54 Å². The number of rotatable bonds is 5. The molecule has 0 bridgehead atoms. The van der Waals surface area contributed by atoms with Crippen molar-refractivity contribution >= 4 is 27.3 Å². The molecule has 0 aromatic carbocycles. The van der Waals surface area contributed by atoms with Gasteiger partial charge in [-0.25, -0.2) is 0 Å². The highest BCUT2D eigenvalue weighted by Gasteiger charge is 2.00. The predicted molar refractivity (Wildman–Crippen MR) is 60.0 cm³/mol. The quantitative estimate of drug-likeness (QED) is 0.855. The van der Waals surface area contributed by atoms with Gasteiger partial charge in [0.05, 0.1) is 9.89 Å². The van der Waals surface area contributed by atoms with Gasteiger partial charge >= 0.3 is 0 Å². The highest BCUT2D eigenvalue weighted by Crippen LogP contribution is 2.20. The molecule has 0 aliphatic carbocycles. The molecule has 0 spiro atoms. The summed E-state index contributed by atoms with van der Waals surface area (Å²) in [6.45, 7) is 3.48. The molecule has 1 rings (SSSR count). The molecule has 1 unspecified atom stereocenters. The minimum Gasteiger partial charge on any atom is -0.392 e. The zero-order valence-electron chi connectivity index (χ0n) is 7.59. The van der Waals surface area contributed by atoms with Gasteiger partial charge in [0.25, 0.3) is 0 Å².